The van der Waals surface area contributed by atoms with Crippen molar-refractivity contribution in [2.45, 2.75) is 19.9 Å². The Morgan fingerprint density at radius 1 is 1.10 bits per heavy atom. The van der Waals surface area contributed by atoms with Crippen LogP contribution in [0.5, 0.6) is 0 Å². The van der Waals surface area contributed by atoms with Gasteiger partial charge in [-0.05, 0) is 44.2 Å². The van der Waals surface area contributed by atoms with Crippen molar-refractivity contribution >= 4 is 22.1 Å². The number of nitrogens with two attached hydrogens (primary N) is 1. The first-order valence-electron chi connectivity index (χ1n) is 6.97. The Morgan fingerprint density at radius 2 is 1.95 bits per heavy atom. The highest BCUT2D eigenvalue weighted by molar-refractivity contribution is 6.00. The quantitative estimate of drug-likeness (QED) is 0.717. The molecule has 3 N–H and O–H groups in total. The molecule has 1 aromatic carbocycles. The second kappa shape index (κ2) is 5.40. The van der Waals surface area contributed by atoms with Gasteiger partial charge in [0.15, 0.2) is 0 Å². The number of aromatic nitrogens is 2. The van der Waals surface area contributed by atoms with Gasteiger partial charge in [-0.1, -0.05) is 6.07 Å². The number of aryl methyl sites for hydroxylation is 1. The predicted octanol–water partition coefficient (Wildman–Crippen LogP) is 3.69. The maximum atomic E-state index is 6.04. The zero-order valence-corrected chi connectivity index (χ0v) is 12.2. The minimum atomic E-state index is 0.117. The lowest BCUT2D eigenvalue weighted by Crippen LogP contribution is -2.08. The molecule has 0 bridgehead atoms. The lowest BCUT2D eigenvalue weighted by Gasteiger charge is -2.17. The number of nitrogens with zero attached hydrogens (tertiary/aromatic N) is 2. The molecule has 0 saturated carbocycles. The normalized spacial score (nSPS) is 12.3. The van der Waals surface area contributed by atoms with Gasteiger partial charge in [0.2, 0.25) is 0 Å². The van der Waals surface area contributed by atoms with E-state index in [-0.39, 0.29) is 6.04 Å². The summed E-state index contributed by atoms with van der Waals surface area (Å²) in [5.74, 6) is 0. The Morgan fingerprint density at radius 3 is 2.71 bits per heavy atom. The van der Waals surface area contributed by atoms with Crippen molar-refractivity contribution in [3.63, 3.8) is 0 Å². The molecule has 0 spiro atoms. The van der Waals surface area contributed by atoms with E-state index in [0.29, 0.717) is 0 Å². The van der Waals surface area contributed by atoms with Crippen molar-refractivity contribution in [1.29, 1.82) is 0 Å². The van der Waals surface area contributed by atoms with Gasteiger partial charge < -0.3 is 11.1 Å². The highest BCUT2D eigenvalue weighted by Crippen LogP contribution is 2.30. The number of nitrogens with one attached hydrogen (secondary N) is 1. The summed E-state index contributed by atoms with van der Waals surface area (Å²) in [6, 6.07) is 12.0. The summed E-state index contributed by atoms with van der Waals surface area (Å²) in [6.07, 6.45) is 3.64. The summed E-state index contributed by atoms with van der Waals surface area (Å²) in [7, 11) is 0. The van der Waals surface area contributed by atoms with Crippen LogP contribution in [0.4, 0.5) is 11.4 Å². The van der Waals surface area contributed by atoms with Crippen LogP contribution in [0.3, 0.4) is 0 Å². The first-order chi connectivity index (χ1) is 10.1. The number of hydrogen-bond donors (Lipinski definition) is 2. The highest BCUT2D eigenvalue weighted by atomic mass is 14.9. The third-order valence-corrected chi connectivity index (χ3v) is 3.57. The van der Waals surface area contributed by atoms with Crippen molar-refractivity contribution in [3.05, 3.63) is 60.2 Å². The van der Waals surface area contributed by atoms with E-state index in [0.717, 1.165) is 33.5 Å². The third-order valence-electron chi connectivity index (χ3n) is 3.57. The minimum Gasteiger partial charge on any atom is -0.398 e. The predicted molar refractivity (Wildman–Crippen MR) is 87.2 cm³/mol. The van der Waals surface area contributed by atoms with Crippen LogP contribution in [-0.4, -0.2) is 9.97 Å². The Bertz CT molecular complexity index is 768. The maximum absolute atomic E-state index is 6.04. The van der Waals surface area contributed by atoms with Gasteiger partial charge in [0, 0.05) is 40.2 Å². The lowest BCUT2D eigenvalue weighted by molar-refractivity contribution is 0.841. The number of pyridine rings is 2. The largest absolute Gasteiger partial charge is 0.398 e. The van der Waals surface area contributed by atoms with Crippen LogP contribution in [0, 0.1) is 6.92 Å². The molecule has 0 amide bonds. The van der Waals surface area contributed by atoms with Gasteiger partial charge in [-0.3, -0.25) is 9.97 Å². The van der Waals surface area contributed by atoms with Gasteiger partial charge in [-0.15, -0.1) is 0 Å². The average molecular weight is 278 g/mol. The fourth-order valence-corrected chi connectivity index (χ4v) is 2.43. The lowest BCUT2D eigenvalue weighted by atomic mass is 10.1. The van der Waals surface area contributed by atoms with Crippen molar-refractivity contribution in [1.82, 2.24) is 9.97 Å². The first kappa shape index (κ1) is 13.4. The fourth-order valence-electron chi connectivity index (χ4n) is 2.43. The van der Waals surface area contributed by atoms with E-state index in [1.807, 2.05) is 49.6 Å². The molecular formula is C17H18N4. The number of rotatable bonds is 3. The Balaban J connectivity index is 2.01. The van der Waals surface area contributed by atoms with E-state index in [1.165, 1.54) is 0 Å². The molecule has 0 radical (unpaired) electrons. The Hall–Kier alpha value is -2.62. The molecule has 3 aromatic rings. The van der Waals surface area contributed by atoms with Crippen LogP contribution >= 0.6 is 0 Å². The second-order valence-electron chi connectivity index (χ2n) is 5.19. The molecule has 1 unspecified atom stereocenters. The van der Waals surface area contributed by atoms with E-state index in [1.54, 1.807) is 0 Å². The number of fused-ring (bicyclic) bond motifs is 1. The zero-order valence-electron chi connectivity index (χ0n) is 12.2. The third kappa shape index (κ3) is 2.65. The van der Waals surface area contributed by atoms with E-state index in [4.69, 9.17) is 5.73 Å². The highest BCUT2D eigenvalue weighted by Gasteiger charge is 2.10. The molecule has 3 rings (SSSR count). The van der Waals surface area contributed by atoms with E-state index in [9.17, 15) is 0 Å². The van der Waals surface area contributed by atoms with Crippen molar-refractivity contribution < 1.29 is 0 Å². The maximum Gasteiger partial charge on any atom is 0.0657 e. The second-order valence-corrected chi connectivity index (χ2v) is 5.19. The smallest absolute Gasteiger partial charge is 0.0657 e. The monoisotopic (exact) mass is 278 g/mol. The van der Waals surface area contributed by atoms with Gasteiger partial charge in [-0.2, -0.15) is 0 Å². The van der Waals surface area contributed by atoms with Crippen LogP contribution in [0.2, 0.25) is 0 Å². The summed E-state index contributed by atoms with van der Waals surface area (Å²) < 4.78 is 0. The molecule has 0 aliphatic carbocycles. The molecule has 0 saturated heterocycles. The van der Waals surface area contributed by atoms with Crippen molar-refractivity contribution in [3.8, 4) is 0 Å². The van der Waals surface area contributed by atoms with Crippen LogP contribution in [0.1, 0.15) is 24.4 Å². The molecule has 2 heterocycles. The minimum absolute atomic E-state index is 0.117. The molecule has 106 valence electrons. The topological polar surface area (TPSA) is 63.8 Å². The summed E-state index contributed by atoms with van der Waals surface area (Å²) in [6.45, 7) is 4.08. The van der Waals surface area contributed by atoms with Gasteiger partial charge in [0.05, 0.1) is 11.7 Å². The van der Waals surface area contributed by atoms with Crippen molar-refractivity contribution in [2.24, 2.45) is 0 Å². The Labute approximate surface area is 124 Å². The van der Waals surface area contributed by atoms with E-state index < -0.39 is 0 Å². The fraction of sp³-hybridized carbons (Fsp3) is 0.176. The number of benzene rings is 1. The standard InChI is InChI=1S/C17H18N4/c1-11-9-13-14(10-20-11)15(18)6-7-17(13)21-12(2)16-5-3-4-8-19-16/h3-10,12,21H,18H2,1-2H3. The summed E-state index contributed by atoms with van der Waals surface area (Å²) >= 11 is 0. The summed E-state index contributed by atoms with van der Waals surface area (Å²) in [4.78, 5) is 8.72. The van der Waals surface area contributed by atoms with Crippen molar-refractivity contribution in [2.75, 3.05) is 11.1 Å². The van der Waals surface area contributed by atoms with Gasteiger partial charge in [-0.25, -0.2) is 0 Å². The van der Waals surface area contributed by atoms with Crippen LogP contribution in [-0.2, 0) is 0 Å². The van der Waals surface area contributed by atoms with Gasteiger partial charge in [0.25, 0.3) is 0 Å². The molecule has 0 aliphatic heterocycles. The SMILES string of the molecule is Cc1cc2c(NC(C)c3ccccn3)ccc(N)c2cn1. The van der Waals surface area contributed by atoms with E-state index >= 15 is 0 Å². The molecule has 0 aliphatic rings. The molecule has 0 fully saturated rings. The van der Waals surface area contributed by atoms with Gasteiger partial charge in [0.1, 0.15) is 0 Å². The van der Waals surface area contributed by atoms with Gasteiger partial charge >= 0.3 is 0 Å². The van der Waals surface area contributed by atoms with E-state index in [2.05, 4.69) is 28.3 Å². The number of anilines is 2. The summed E-state index contributed by atoms with van der Waals surface area (Å²) in [5.41, 5.74) is 9.81. The van der Waals surface area contributed by atoms with Crippen LogP contribution in [0.25, 0.3) is 10.8 Å². The molecular weight excluding hydrogens is 260 g/mol. The first-order valence-corrected chi connectivity index (χ1v) is 6.97. The number of hydrogen-bond acceptors (Lipinski definition) is 4. The van der Waals surface area contributed by atoms with Crippen LogP contribution in [0.15, 0.2) is 48.8 Å². The van der Waals surface area contributed by atoms with Crippen LogP contribution < -0.4 is 11.1 Å². The Kier molecular flexibility index (Phi) is 3.44. The average Bonchev–Trinajstić information content (AvgIpc) is 2.51. The zero-order chi connectivity index (χ0) is 14.8. The molecule has 2 aromatic heterocycles. The molecule has 21 heavy (non-hydrogen) atoms. The molecule has 4 nitrogen and oxygen atoms in total. The molecule has 4 heteroatoms. The summed E-state index contributed by atoms with van der Waals surface area (Å²) in [5, 5.41) is 5.57. The molecule has 1 atom stereocenters. The number of nitrogen functional groups attached to an aromatic ring is 1.